The number of rotatable bonds is 7. The minimum Gasteiger partial charge on any atom is -0.368 e. The number of carbonyl (C=O) groups excluding carboxylic acids is 1. The van der Waals surface area contributed by atoms with Gasteiger partial charge in [0, 0.05) is 19.7 Å². The fourth-order valence-corrected chi connectivity index (χ4v) is 2.61. The highest BCUT2D eigenvalue weighted by Crippen LogP contribution is 2.17. The number of unbranched alkanes of at least 4 members (excludes halogenated alkanes) is 2. The molecule has 1 amide bonds. The van der Waals surface area contributed by atoms with E-state index in [1.54, 1.807) is 12.1 Å². The highest BCUT2D eigenvalue weighted by Gasteiger charge is 2.28. The van der Waals surface area contributed by atoms with Crippen LogP contribution in [0.25, 0.3) is 0 Å². The number of hydrogen-bond donors (Lipinski definition) is 0. The number of carbonyl (C=O) groups is 1. The zero-order valence-corrected chi connectivity index (χ0v) is 12.7. The molecule has 0 aromatic heterocycles. The smallest absolute Gasteiger partial charge is 0.251 e. The van der Waals surface area contributed by atoms with Crippen LogP contribution < -0.4 is 0 Å². The van der Waals surface area contributed by atoms with E-state index in [0.717, 1.165) is 44.2 Å². The molecule has 1 aliphatic rings. The monoisotopic (exact) mass is 293 g/mol. The predicted molar refractivity (Wildman–Crippen MR) is 80.3 cm³/mol. The molecule has 1 unspecified atom stereocenters. The van der Waals surface area contributed by atoms with Crippen molar-refractivity contribution in [1.29, 1.82) is 0 Å². The van der Waals surface area contributed by atoms with E-state index < -0.39 is 0 Å². The van der Waals surface area contributed by atoms with E-state index in [9.17, 15) is 9.18 Å². The van der Waals surface area contributed by atoms with Gasteiger partial charge in [-0.3, -0.25) is 4.79 Å². The van der Waals surface area contributed by atoms with Gasteiger partial charge in [-0.25, -0.2) is 4.39 Å². The van der Waals surface area contributed by atoms with Crippen molar-refractivity contribution in [2.75, 3.05) is 13.2 Å². The van der Waals surface area contributed by atoms with Crippen LogP contribution in [0.1, 0.15) is 44.6 Å². The molecule has 0 spiro atoms. The molecule has 0 N–H and O–H groups in total. The molecule has 0 saturated carbocycles. The molecule has 2 rings (SSSR count). The molecule has 1 saturated heterocycles. The molecule has 0 aliphatic carbocycles. The Morgan fingerprint density at radius 1 is 1.33 bits per heavy atom. The van der Waals surface area contributed by atoms with E-state index in [1.165, 1.54) is 12.1 Å². The number of benzene rings is 1. The molecular weight excluding hydrogens is 269 g/mol. The van der Waals surface area contributed by atoms with Gasteiger partial charge in [-0.2, -0.15) is 0 Å². The molecule has 1 fully saturated rings. The summed E-state index contributed by atoms with van der Waals surface area (Å²) in [6, 6.07) is 6.36. The van der Waals surface area contributed by atoms with Crippen LogP contribution in [0.5, 0.6) is 0 Å². The molecule has 1 aromatic rings. The topological polar surface area (TPSA) is 29.5 Å². The van der Waals surface area contributed by atoms with E-state index in [4.69, 9.17) is 4.74 Å². The van der Waals surface area contributed by atoms with Crippen LogP contribution >= 0.6 is 0 Å². The van der Waals surface area contributed by atoms with Crippen LogP contribution in [0.15, 0.2) is 24.3 Å². The molecular formula is C17H24FNO2. The maximum absolute atomic E-state index is 13.0. The van der Waals surface area contributed by atoms with Gasteiger partial charge in [0.25, 0.3) is 5.91 Å². The third-order valence-corrected chi connectivity index (χ3v) is 3.84. The number of nitrogens with zero attached hydrogens (tertiary/aromatic N) is 1. The Balaban J connectivity index is 1.99. The Hall–Kier alpha value is -1.42. The van der Waals surface area contributed by atoms with Crippen molar-refractivity contribution in [1.82, 2.24) is 4.90 Å². The number of amides is 1. The van der Waals surface area contributed by atoms with Crippen LogP contribution in [0.4, 0.5) is 4.39 Å². The van der Waals surface area contributed by atoms with Crippen molar-refractivity contribution in [3.63, 3.8) is 0 Å². The Morgan fingerprint density at radius 2 is 2.10 bits per heavy atom. The Morgan fingerprint density at radius 3 is 2.71 bits per heavy atom. The van der Waals surface area contributed by atoms with Crippen molar-refractivity contribution >= 4 is 5.91 Å². The first kappa shape index (κ1) is 16.0. The lowest BCUT2D eigenvalue weighted by Gasteiger charge is -2.25. The van der Waals surface area contributed by atoms with Crippen molar-refractivity contribution in [3.05, 3.63) is 35.6 Å². The SMILES string of the molecule is CCCCCN(Cc1ccc(F)cc1)C(=O)C1CCCO1. The fraction of sp³-hybridized carbons (Fsp3) is 0.588. The van der Waals surface area contributed by atoms with Gasteiger partial charge in [0.05, 0.1) is 0 Å². The summed E-state index contributed by atoms with van der Waals surface area (Å²) in [7, 11) is 0. The summed E-state index contributed by atoms with van der Waals surface area (Å²) in [6.07, 6.45) is 4.71. The Kier molecular flexibility index (Phi) is 6.18. The quantitative estimate of drug-likeness (QED) is 0.720. The summed E-state index contributed by atoms with van der Waals surface area (Å²) in [4.78, 5) is 14.4. The third-order valence-electron chi connectivity index (χ3n) is 3.84. The van der Waals surface area contributed by atoms with Crippen LogP contribution in [0, 0.1) is 5.82 Å². The van der Waals surface area contributed by atoms with Gasteiger partial charge in [0.15, 0.2) is 0 Å². The molecule has 1 atom stereocenters. The lowest BCUT2D eigenvalue weighted by Crippen LogP contribution is -2.39. The van der Waals surface area contributed by atoms with Gasteiger partial charge in [-0.15, -0.1) is 0 Å². The molecule has 116 valence electrons. The normalized spacial score (nSPS) is 17.9. The molecule has 3 nitrogen and oxygen atoms in total. The fourth-order valence-electron chi connectivity index (χ4n) is 2.61. The summed E-state index contributed by atoms with van der Waals surface area (Å²) >= 11 is 0. The van der Waals surface area contributed by atoms with Crippen LogP contribution in [0.2, 0.25) is 0 Å². The standard InChI is InChI=1S/C17H24FNO2/c1-2-3-4-11-19(17(20)16-6-5-12-21-16)13-14-7-9-15(18)10-8-14/h7-10,16H,2-6,11-13H2,1H3. The number of halogens is 1. The van der Waals surface area contributed by atoms with E-state index in [2.05, 4.69) is 6.92 Å². The minimum atomic E-state index is -0.285. The molecule has 1 heterocycles. The number of hydrogen-bond acceptors (Lipinski definition) is 2. The summed E-state index contributed by atoms with van der Waals surface area (Å²) in [5.74, 6) is -0.172. The largest absolute Gasteiger partial charge is 0.368 e. The van der Waals surface area contributed by atoms with E-state index in [1.807, 2.05) is 4.90 Å². The number of ether oxygens (including phenoxy) is 1. The van der Waals surface area contributed by atoms with Crippen molar-refractivity contribution < 1.29 is 13.9 Å². The summed E-state index contributed by atoms with van der Waals surface area (Å²) < 4.78 is 18.5. The first-order valence-electron chi connectivity index (χ1n) is 7.85. The second kappa shape index (κ2) is 8.13. The van der Waals surface area contributed by atoms with Gasteiger partial charge in [0.1, 0.15) is 11.9 Å². The average Bonchev–Trinajstić information content (AvgIpc) is 3.02. The van der Waals surface area contributed by atoms with Crippen LogP contribution in [0.3, 0.4) is 0 Å². The molecule has 1 aromatic carbocycles. The van der Waals surface area contributed by atoms with Crippen LogP contribution in [-0.2, 0) is 16.1 Å². The zero-order valence-electron chi connectivity index (χ0n) is 12.7. The molecule has 21 heavy (non-hydrogen) atoms. The van der Waals surface area contributed by atoms with Gasteiger partial charge in [-0.05, 0) is 37.0 Å². The van der Waals surface area contributed by atoms with Gasteiger partial charge < -0.3 is 9.64 Å². The Labute approximate surface area is 126 Å². The maximum atomic E-state index is 13.0. The van der Waals surface area contributed by atoms with Crippen molar-refractivity contribution in [2.24, 2.45) is 0 Å². The summed E-state index contributed by atoms with van der Waals surface area (Å²) in [6.45, 7) is 4.09. The summed E-state index contributed by atoms with van der Waals surface area (Å²) in [5, 5.41) is 0. The highest BCUT2D eigenvalue weighted by molar-refractivity contribution is 5.81. The molecule has 1 aliphatic heterocycles. The molecule has 4 heteroatoms. The first-order chi connectivity index (χ1) is 10.2. The first-order valence-corrected chi connectivity index (χ1v) is 7.85. The predicted octanol–water partition coefficient (Wildman–Crippen LogP) is 3.52. The van der Waals surface area contributed by atoms with Gasteiger partial charge in [0.2, 0.25) is 0 Å². The lowest BCUT2D eigenvalue weighted by atomic mass is 10.1. The van der Waals surface area contributed by atoms with E-state index in [0.29, 0.717) is 13.2 Å². The van der Waals surface area contributed by atoms with E-state index in [-0.39, 0.29) is 17.8 Å². The second-order valence-corrected chi connectivity index (χ2v) is 5.60. The molecule has 0 bridgehead atoms. The zero-order chi connectivity index (χ0) is 15.1. The average molecular weight is 293 g/mol. The lowest BCUT2D eigenvalue weighted by molar-refractivity contribution is -0.141. The Bertz CT molecular complexity index is 441. The minimum absolute atomic E-state index is 0.0768. The highest BCUT2D eigenvalue weighted by atomic mass is 19.1. The third kappa shape index (κ3) is 4.81. The molecule has 0 radical (unpaired) electrons. The summed E-state index contributed by atoms with van der Waals surface area (Å²) in [5.41, 5.74) is 0.958. The van der Waals surface area contributed by atoms with Gasteiger partial charge in [-0.1, -0.05) is 31.9 Å². The second-order valence-electron chi connectivity index (χ2n) is 5.60. The van der Waals surface area contributed by atoms with Crippen molar-refractivity contribution in [3.8, 4) is 0 Å². The van der Waals surface area contributed by atoms with Crippen LogP contribution in [-0.4, -0.2) is 30.1 Å². The van der Waals surface area contributed by atoms with Crippen molar-refractivity contribution in [2.45, 2.75) is 51.7 Å². The van der Waals surface area contributed by atoms with E-state index >= 15 is 0 Å². The maximum Gasteiger partial charge on any atom is 0.251 e. The van der Waals surface area contributed by atoms with Gasteiger partial charge >= 0.3 is 0 Å².